The van der Waals surface area contributed by atoms with Crippen LogP contribution in [-0.2, 0) is 9.73 Å². The van der Waals surface area contributed by atoms with Crippen LogP contribution >= 0.6 is 0 Å². The van der Waals surface area contributed by atoms with Crippen molar-refractivity contribution >= 4 is 9.73 Å². The molecule has 54 valence electrons. The highest BCUT2D eigenvalue weighted by Gasteiger charge is 2.15. The van der Waals surface area contributed by atoms with E-state index in [2.05, 4.69) is 0 Å². The summed E-state index contributed by atoms with van der Waals surface area (Å²) in [5, 5.41) is 1.61. The van der Waals surface area contributed by atoms with E-state index >= 15 is 0 Å². The van der Waals surface area contributed by atoms with Crippen molar-refractivity contribution in [3.05, 3.63) is 0 Å². The third-order valence-corrected chi connectivity index (χ3v) is 3.10. The molecule has 3 N–H and O–H groups in total. The van der Waals surface area contributed by atoms with Gasteiger partial charge in [-0.05, 0) is 0 Å². The van der Waals surface area contributed by atoms with Gasteiger partial charge in [-0.25, -0.2) is 9.22 Å². The Hall–Kier alpha value is -0.130. The van der Waals surface area contributed by atoms with Gasteiger partial charge in [0, 0.05) is 34.3 Å². The molecule has 0 unspecified atom stereocenters. The maximum atomic E-state index is 10.9. The number of nitrogens with one attached hydrogen (secondary N) is 1. The number of hydrogen-bond donors (Lipinski definition) is 2. The summed E-state index contributed by atoms with van der Waals surface area (Å²) in [6.45, 7) is 1.20. The van der Waals surface area contributed by atoms with Crippen molar-refractivity contribution < 1.29 is 4.21 Å². The fourth-order valence-electron chi connectivity index (χ4n) is 0.743. The van der Waals surface area contributed by atoms with Crippen molar-refractivity contribution in [1.82, 2.24) is 5.01 Å². The van der Waals surface area contributed by atoms with Crippen LogP contribution in [0, 0.1) is 4.78 Å². The van der Waals surface area contributed by atoms with E-state index in [1.807, 2.05) is 0 Å². The summed E-state index contributed by atoms with van der Waals surface area (Å²) < 4.78 is 18.1. The molecule has 0 aromatic rings. The van der Waals surface area contributed by atoms with Crippen molar-refractivity contribution in [2.75, 3.05) is 24.6 Å². The van der Waals surface area contributed by atoms with Gasteiger partial charge in [0.15, 0.2) is 0 Å². The molecule has 0 radical (unpaired) electrons. The second-order valence-corrected chi connectivity index (χ2v) is 4.70. The molecule has 1 saturated heterocycles. The standard InChI is InChI=1S/C4H11N3OS/c5-7-1-3-9(6,8)4-2-7/h6H,1-5H2. The Balaban J connectivity index is 2.55. The summed E-state index contributed by atoms with van der Waals surface area (Å²) in [5.74, 6) is 6.25. The number of rotatable bonds is 0. The molecular weight excluding hydrogens is 138 g/mol. The molecule has 0 saturated carbocycles. The topological polar surface area (TPSA) is 70.2 Å². The second-order valence-electron chi connectivity index (χ2n) is 2.26. The van der Waals surface area contributed by atoms with Crippen LogP contribution in [0.3, 0.4) is 0 Å². The van der Waals surface area contributed by atoms with Crippen molar-refractivity contribution in [1.29, 1.82) is 4.78 Å². The summed E-state index contributed by atoms with van der Waals surface area (Å²) in [4.78, 5) is 0. The molecule has 0 aromatic heterocycles. The Morgan fingerprint density at radius 3 is 2.22 bits per heavy atom. The smallest absolute Gasteiger partial charge is 0.0467 e. The molecule has 9 heavy (non-hydrogen) atoms. The van der Waals surface area contributed by atoms with Gasteiger partial charge in [-0.2, -0.15) is 0 Å². The van der Waals surface area contributed by atoms with E-state index in [9.17, 15) is 4.21 Å². The molecule has 0 bridgehead atoms. The predicted molar refractivity (Wildman–Crippen MR) is 36.4 cm³/mol. The highest BCUT2D eigenvalue weighted by molar-refractivity contribution is 7.92. The lowest BCUT2D eigenvalue weighted by molar-refractivity contribution is 0.310. The Kier molecular flexibility index (Phi) is 1.74. The van der Waals surface area contributed by atoms with Gasteiger partial charge in [-0.3, -0.25) is 10.6 Å². The van der Waals surface area contributed by atoms with E-state index in [4.69, 9.17) is 10.6 Å². The van der Waals surface area contributed by atoms with Crippen molar-refractivity contribution in [2.45, 2.75) is 0 Å². The largest absolute Gasteiger partial charge is 0.269 e. The van der Waals surface area contributed by atoms with E-state index in [0.717, 1.165) is 0 Å². The number of nitrogens with two attached hydrogens (primary N) is 1. The molecular formula is C4H11N3OS. The summed E-state index contributed by atoms with van der Waals surface area (Å²) in [6.07, 6.45) is 0. The quantitative estimate of drug-likeness (QED) is 0.444. The molecule has 1 fully saturated rings. The SMILES string of the molecule is N=S1(=O)CCN(N)CC1. The van der Waals surface area contributed by atoms with Crippen molar-refractivity contribution in [3.8, 4) is 0 Å². The van der Waals surface area contributed by atoms with Gasteiger partial charge >= 0.3 is 0 Å². The number of nitrogens with zero attached hydrogens (tertiary/aromatic N) is 1. The maximum absolute atomic E-state index is 10.9. The fourth-order valence-corrected chi connectivity index (χ4v) is 2.01. The zero-order valence-electron chi connectivity index (χ0n) is 5.17. The molecule has 0 aliphatic carbocycles. The minimum atomic E-state index is -2.24. The highest BCUT2D eigenvalue weighted by atomic mass is 32.2. The Labute approximate surface area is 55.0 Å². The number of hydrazine groups is 1. The first-order valence-corrected chi connectivity index (χ1v) is 4.74. The van der Waals surface area contributed by atoms with E-state index in [1.54, 1.807) is 5.01 Å². The minimum absolute atomic E-state index is 0.434. The minimum Gasteiger partial charge on any atom is -0.269 e. The molecule has 1 heterocycles. The summed E-state index contributed by atoms with van der Waals surface area (Å²) in [6, 6.07) is 0. The van der Waals surface area contributed by atoms with Crippen LogP contribution < -0.4 is 5.84 Å². The third kappa shape index (κ3) is 1.92. The zero-order valence-corrected chi connectivity index (χ0v) is 5.99. The average molecular weight is 149 g/mol. The molecule has 0 amide bonds. The van der Waals surface area contributed by atoms with E-state index < -0.39 is 9.73 Å². The molecule has 1 aliphatic heterocycles. The van der Waals surface area contributed by atoms with Gasteiger partial charge in [-0.15, -0.1) is 0 Å². The molecule has 0 aromatic carbocycles. The Morgan fingerprint density at radius 2 is 1.89 bits per heavy atom. The zero-order chi connectivity index (χ0) is 6.91. The van der Waals surface area contributed by atoms with E-state index in [-0.39, 0.29) is 0 Å². The summed E-state index contributed by atoms with van der Waals surface area (Å²) >= 11 is 0. The van der Waals surface area contributed by atoms with Crippen molar-refractivity contribution in [3.63, 3.8) is 0 Å². The Bertz CT molecular complexity index is 172. The van der Waals surface area contributed by atoms with Gasteiger partial charge in [0.2, 0.25) is 0 Å². The van der Waals surface area contributed by atoms with Crippen LogP contribution in [0.4, 0.5) is 0 Å². The van der Waals surface area contributed by atoms with Gasteiger partial charge < -0.3 is 0 Å². The van der Waals surface area contributed by atoms with Crippen LogP contribution in [0.5, 0.6) is 0 Å². The predicted octanol–water partition coefficient (Wildman–Crippen LogP) is -0.778. The van der Waals surface area contributed by atoms with Gasteiger partial charge in [0.05, 0.1) is 0 Å². The van der Waals surface area contributed by atoms with E-state index in [0.29, 0.717) is 24.6 Å². The van der Waals surface area contributed by atoms with Crippen LogP contribution in [-0.4, -0.2) is 33.8 Å². The average Bonchev–Trinajstić information content (AvgIpc) is 1.78. The van der Waals surface area contributed by atoms with Crippen LogP contribution in [0.15, 0.2) is 0 Å². The summed E-state index contributed by atoms with van der Waals surface area (Å²) in [5.41, 5.74) is 0. The van der Waals surface area contributed by atoms with Gasteiger partial charge in [0.1, 0.15) is 0 Å². The van der Waals surface area contributed by atoms with Gasteiger partial charge in [0.25, 0.3) is 0 Å². The molecule has 0 atom stereocenters. The fraction of sp³-hybridized carbons (Fsp3) is 1.00. The van der Waals surface area contributed by atoms with Gasteiger partial charge in [-0.1, -0.05) is 0 Å². The van der Waals surface area contributed by atoms with Crippen LogP contribution in [0.2, 0.25) is 0 Å². The molecule has 5 heteroatoms. The first-order chi connectivity index (χ1) is 4.10. The molecule has 0 spiro atoms. The second kappa shape index (κ2) is 2.24. The van der Waals surface area contributed by atoms with E-state index in [1.165, 1.54) is 0 Å². The molecule has 4 nitrogen and oxygen atoms in total. The number of hydrogen-bond acceptors (Lipinski definition) is 4. The van der Waals surface area contributed by atoms with Crippen molar-refractivity contribution in [2.24, 2.45) is 5.84 Å². The lowest BCUT2D eigenvalue weighted by atomic mass is 10.6. The lowest BCUT2D eigenvalue weighted by Crippen LogP contribution is -2.43. The Morgan fingerprint density at radius 1 is 1.44 bits per heavy atom. The molecule has 1 aliphatic rings. The summed E-state index contributed by atoms with van der Waals surface area (Å²) in [7, 11) is -2.24. The monoisotopic (exact) mass is 149 g/mol. The third-order valence-electron chi connectivity index (χ3n) is 1.42. The lowest BCUT2D eigenvalue weighted by Gasteiger charge is -2.22. The first kappa shape index (κ1) is 6.98. The normalized spacial score (nSPS) is 28.1. The highest BCUT2D eigenvalue weighted by Crippen LogP contribution is 1.99. The molecule has 1 rings (SSSR count). The maximum Gasteiger partial charge on any atom is 0.0467 e. The van der Waals surface area contributed by atoms with Crippen LogP contribution in [0.25, 0.3) is 0 Å². The van der Waals surface area contributed by atoms with Crippen LogP contribution in [0.1, 0.15) is 0 Å². The first-order valence-electron chi connectivity index (χ1n) is 2.84.